The van der Waals surface area contributed by atoms with Crippen LogP contribution in [0.1, 0.15) is 18.1 Å². The van der Waals surface area contributed by atoms with Gasteiger partial charge in [0.25, 0.3) is 0 Å². The van der Waals surface area contributed by atoms with Crippen LogP contribution in [0.3, 0.4) is 0 Å². The largest absolute Gasteiger partial charge is 0.491 e. The third-order valence-corrected chi connectivity index (χ3v) is 3.28. The maximum Gasteiger partial charge on any atom is 0.179 e. The van der Waals surface area contributed by atoms with Crippen LogP contribution in [0.2, 0.25) is 5.02 Å². The summed E-state index contributed by atoms with van der Waals surface area (Å²) in [4.78, 5) is 0. The van der Waals surface area contributed by atoms with Gasteiger partial charge in [0.15, 0.2) is 11.5 Å². The van der Waals surface area contributed by atoms with Crippen LogP contribution in [0, 0.1) is 6.92 Å². The molecule has 0 aromatic heterocycles. The van der Waals surface area contributed by atoms with E-state index in [1.165, 1.54) is 5.56 Å². The van der Waals surface area contributed by atoms with Crippen molar-refractivity contribution in [2.24, 2.45) is 5.10 Å². The number of ether oxygens (including phenoxy) is 2. The second-order valence-electron chi connectivity index (χ2n) is 4.70. The maximum atomic E-state index is 6.20. The number of aryl methyl sites for hydroxylation is 1. The van der Waals surface area contributed by atoms with E-state index in [1.54, 1.807) is 19.4 Å². The zero-order chi connectivity index (χ0) is 15.9. The molecule has 1 N–H and O–H groups in total. The van der Waals surface area contributed by atoms with E-state index in [0.29, 0.717) is 23.1 Å². The number of anilines is 1. The quantitative estimate of drug-likeness (QED) is 0.630. The lowest BCUT2D eigenvalue weighted by Crippen LogP contribution is -1.98. The lowest BCUT2D eigenvalue weighted by Gasteiger charge is -2.11. The SMILES string of the molecule is CCOc1cc(/C=N\Nc2ccc(C)cc2)cc(Cl)c1OC. The molecule has 116 valence electrons. The fourth-order valence-electron chi connectivity index (χ4n) is 1.93. The van der Waals surface area contributed by atoms with Gasteiger partial charge in [0.05, 0.1) is 30.6 Å². The van der Waals surface area contributed by atoms with Gasteiger partial charge in [-0.05, 0) is 43.7 Å². The van der Waals surface area contributed by atoms with Crippen LogP contribution in [0.25, 0.3) is 0 Å². The highest BCUT2D eigenvalue weighted by Gasteiger charge is 2.10. The van der Waals surface area contributed by atoms with E-state index in [0.717, 1.165) is 11.3 Å². The van der Waals surface area contributed by atoms with E-state index in [4.69, 9.17) is 21.1 Å². The molecular formula is C17H19ClN2O2. The first-order valence-corrected chi connectivity index (χ1v) is 7.38. The number of nitrogens with zero attached hydrogens (tertiary/aromatic N) is 1. The Morgan fingerprint density at radius 3 is 2.59 bits per heavy atom. The van der Waals surface area contributed by atoms with Crippen molar-refractivity contribution in [1.29, 1.82) is 0 Å². The van der Waals surface area contributed by atoms with E-state index >= 15 is 0 Å². The number of benzene rings is 2. The molecule has 0 saturated heterocycles. The van der Waals surface area contributed by atoms with Crippen LogP contribution < -0.4 is 14.9 Å². The van der Waals surface area contributed by atoms with Crippen LogP contribution in [-0.4, -0.2) is 19.9 Å². The Kier molecular flexibility index (Phi) is 5.67. The average Bonchev–Trinajstić information content (AvgIpc) is 2.49. The number of hydrogen-bond donors (Lipinski definition) is 1. The molecule has 0 heterocycles. The Balaban J connectivity index is 2.14. The van der Waals surface area contributed by atoms with Gasteiger partial charge in [-0.2, -0.15) is 5.10 Å². The maximum absolute atomic E-state index is 6.20. The summed E-state index contributed by atoms with van der Waals surface area (Å²) in [6.45, 7) is 4.49. The number of hydrazone groups is 1. The van der Waals surface area contributed by atoms with Gasteiger partial charge in [-0.3, -0.25) is 5.43 Å². The van der Waals surface area contributed by atoms with Crippen molar-refractivity contribution >= 4 is 23.5 Å². The van der Waals surface area contributed by atoms with Crippen molar-refractivity contribution in [1.82, 2.24) is 0 Å². The normalized spacial score (nSPS) is 10.7. The lowest BCUT2D eigenvalue weighted by atomic mass is 10.2. The van der Waals surface area contributed by atoms with Crippen molar-refractivity contribution < 1.29 is 9.47 Å². The Morgan fingerprint density at radius 1 is 1.23 bits per heavy atom. The van der Waals surface area contributed by atoms with Gasteiger partial charge < -0.3 is 9.47 Å². The molecule has 22 heavy (non-hydrogen) atoms. The molecule has 0 amide bonds. The summed E-state index contributed by atoms with van der Waals surface area (Å²) < 4.78 is 10.8. The summed E-state index contributed by atoms with van der Waals surface area (Å²) in [7, 11) is 1.57. The first kappa shape index (κ1) is 16.2. The molecule has 0 atom stereocenters. The molecule has 0 bridgehead atoms. The predicted molar refractivity (Wildman–Crippen MR) is 91.6 cm³/mol. The Morgan fingerprint density at radius 2 is 1.95 bits per heavy atom. The third-order valence-electron chi connectivity index (χ3n) is 2.99. The molecule has 0 aliphatic heterocycles. The minimum Gasteiger partial charge on any atom is -0.491 e. The van der Waals surface area contributed by atoms with Crippen molar-refractivity contribution in [2.45, 2.75) is 13.8 Å². The van der Waals surface area contributed by atoms with Crippen molar-refractivity contribution in [2.75, 3.05) is 19.1 Å². The molecular weight excluding hydrogens is 300 g/mol. The molecule has 0 saturated carbocycles. The van der Waals surface area contributed by atoms with E-state index in [1.807, 2.05) is 44.2 Å². The fraction of sp³-hybridized carbons (Fsp3) is 0.235. The zero-order valence-electron chi connectivity index (χ0n) is 12.9. The molecule has 4 nitrogen and oxygen atoms in total. The van der Waals surface area contributed by atoms with E-state index in [2.05, 4.69) is 10.5 Å². The summed E-state index contributed by atoms with van der Waals surface area (Å²) >= 11 is 6.20. The highest BCUT2D eigenvalue weighted by Crippen LogP contribution is 2.35. The van der Waals surface area contributed by atoms with E-state index in [-0.39, 0.29) is 0 Å². The number of halogens is 1. The zero-order valence-corrected chi connectivity index (χ0v) is 13.6. The number of hydrogen-bond acceptors (Lipinski definition) is 4. The topological polar surface area (TPSA) is 42.8 Å². The van der Waals surface area contributed by atoms with Crippen LogP contribution in [0.15, 0.2) is 41.5 Å². The van der Waals surface area contributed by atoms with Gasteiger partial charge in [-0.1, -0.05) is 29.3 Å². The van der Waals surface area contributed by atoms with Crippen LogP contribution in [-0.2, 0) is 0 Å². The van der Waals surface area contributed by atoms with E-state index < -0.39 is 0 Å². The summed E-state index contributed by atoms with van der Waals surface area (Å²) in [5.74, 6) is 1.14. The Labute approximate surface area is 135 Å². The van der Waals surface area contributed by atoms with Gasteiger partial charge >= 0.3 is 0 Å². The van der Waals surface area contributed by atoms with Gasteiger partial charge in [-0.15, -0.1) is 0 Å². The van der Waals surface area contributed by atoms with Crippen LogP contribution >= 0.6 is 11.6 Å². The third kappa shape index (κ3) is 4.15. The first-order valence-electron chi connectivity index (χ1n) is 7.00. The summed E-state index contributed by atoms with van der Waals surface area (Å²) in [6, 6.07) is 11.6. The van der Waals surface area contributed by atoms with Crippen LogP contribution in [0.4, 0.5) is 5.69 Å². The fourth-order valence-corrected chi connectivity index (χ4v) is 2.23. The lowest BCUT2D eigenvalue weighted by molar-refractivity contribution is 0.311. The molecule has 0 spiro atoms. The average molecular weight is 319 g/mol. The highest BCUT2D eigenvalue weighted by molar-refractivity contribution is 6.32. The standard InChI is InChI=1S/C17H19ClN2O2/c1-4-22-16-10-13(9-15(18)17(16)21-3)11-19-20-14-7-5-12(2)6-8-14/h5-11,20H,4H2,1-3H3/b19-11-. The molecule has 0 fully saturated rings. The number of methoxy groups -OCH3 is 1. The molecule has 5 heteroatoms. The molecule has 0 aliphatic rings. The van der Waals surface area contributed by atoms with Crippen molar-refractivity contribution in [3.8, 4) is 11.5 Å². The highest BCUT2D eigenvalue weighted by atomic mass is 35.5. The van der Waals surface area contributed by atoms with Crippen molar-refractivity contribution in [3.63, 3.8) is 0 Å². The second kappa shape index (κ2) is 7.71. The number of rotatable bonds is 6. The van der Waals surface area contributed by atoms with Gasteiger partial charge in [0, 0.05) is 0 Å². The van der Waals surface area contributed by atoms with Crippen LogP contribution in [0.5, 0.6) is 11.5 Å². The summed E-state index contributed by atoms with van der Waals surface area (Å²) in [5, 5.41) is 4.70. The molecule has 0 aliphatic carbocycles. The molecule has 0 radical (unpaired) electrons. The molecule has 2 aromatic carbocycles. The minimum absolute atomic E-state index is 0.491. The predicted octanol–water partition coefficient (Wildman–Crippen LogP) is 4.50. The molecule has 2 rings (SSSR count). The van der Waals surface area contributed by atoms with Gasteiger partial charge in [0.2, 0.25) is 0 Å². The van der Waals surface area contributed by atoms with Crippen molar-refractivity contribution in [3.05, 3.63) is 52.5 Å². The van der Waals surface area contributed by atoms with Gasteiger partial charge in [0.1, 0.15) is 0 Å². The monoisotopic (exact) mass is 318 g/mol. The first-order chi connectivity index (χ1) is 10.6. The minimum atomic E-state index is 0.491. The Bertz CT molecular complexity index is 654. The Hall–Kier alpha value is -2.20. The molecule has 2 aromatic rings. The number of nitrogens with one attached hydrogen (secondary N) is 1. The smallest absolute Gasteiger partial charge is 0.179 e. The van der Waals surface area contributed by atoms with Gasteiger partial charge in [-0.25, -0.2) is 0 Å². The summed E-state index contributed by atoms with van der Waals surface area (Å²) in [5.41, 5.74) is 5.93. The summed E-state index contributed by atoms with van der Waals surface area (Å²) in [6.07, 6.45) is 1.69. The van der Waals surface area contributed by atoms with E-state index in [9.17, 15) is 0 Å². The second-order valence-corrected chi connectivity index (χ2v) is 5.11. The molecule has 0 unspecified atom stereocenters.